The van der Waals surface area contributed by atoms with Gasteiger partial charge in [0.05, 0.1) is 41.6 Å². The van der Waals surface area contributed by atoms with Gasteiger partial charge in [-0.05, 0) is 49.9 Å². The molecule has 0 bridgehead atoms. The van der Waals surface area contributed by atoms with Crippen molar-refractivity contribution in [2.75, 3.05) is 13.2 Å². The average Bonchev–Trinajstić information content (AvgIpc) is 3.44. The van der Waals surface area contributed by atoms with Gasteiger partial charge in [0.2, 0.25) is 0 Å². The molecule has 2 aromatic rings. The van der Waals surface area contributed by atoms with Crippen molar-refractivity contribution in [3.05, 3.63) is 57.9 Å². The van der Waals surface area contributed by atoms with Crippen LogP contribution < -0.4 is 5.32 Å². The van der Waals surface area contributed by atoms with Gasteiger partial charge in [-0.2, -0.15) is 26.3 Å². The number of ether oxygens (including phenoxy) is 1. The first-order valence-electron chi connectivity index (χ1n) is 12.0. The minimum absolute atomic E-state index is 0.0101. The molecule has 4 rings (SSSR count). The highest BCUT2D eigenvalue weighted by Gasteiger charge is 2.40. The van der Waals surface area contributed by atoms with E-state index in [9.17, 15) is 35.9 Å². The van der Waals surface area contributed by atoms with Gasteiger partial charge in [-0.15, -0.1) is 0 Å². The predicted octanol–water partition coefficient (Wildman–Crippen LogP) is 5.56. The summed E-state index contributed by atoms with van der Waals surface area (Å²) in [4.78, 5) is 28.3. The second-order valence-electron chi connectivity index (χ2n) is 9.32. The lowest BCUT2D eigenvalue weighted by Crippen LogP contribution is -2.35. The van der Waals surface area contributed by atoms with Gasteiger partial charge in [-0.25, -0.2) is 0 Å². The second-order valence-corrected chi connectivity index (χ2v) is 9.32. The maximum atomic E-state index is 13.7. The summed E-state index contributed by atoms with van der Waals surface area (Å²) in [6.45, 7) is 4.75. The fraction of sp³-hybridized carbons (Fsp3) is 0.520. The summed E-state index contributed by atoms with van der Waals surface area (Å²) < 4.78 is 87.6. The molecule has 1 saturated heterocycles. The molecule has 2 unspecified atom stereocenters. The molecular weight excluding hydrogens is 504 g/mol. The molecule has 2 atom stereocenters. The van der Waals surface area contributed by atoms with Crippen molar-refractivity contribution in [1.29, 1.82) is 0 Å². The van der Waals surface area contributed by atoms with Gasteiger partial charge in [0, 0.05) is 19.1 Å². The predicted molar refractivity (Wildman–Crippen MR) is 121 cm³/mol. The highest BCUT2D eigenvalue weighted by atomic mass is 19.4. The number of aromatic nitrogens is 1. The van der Waals surface area contributed by atoms with Gasteiger partial charge < -0.3 is 19.5 Å². The molecule has 2 aliphatic heterocycles. The SMILES string of the molecule is CCC(NC(=O)c1cc(C(=O)N2CCCC2C)n2c1COCC2)c1ccc(C(F)(F)F)cc1C(F)(F)F. The smallest absolute Gasteiger partial charge is 0.373 e. The summed E-state index contributed by atoms with van der Waals surface area (Å²) >= 11 is 0. The molecule has 12 heteroatoms. The number of fused-ring (bicyclic) bond motifs is 1. The fourth-order valence-electron chi connectivity index (χ4n) is 5.00. The van der Waals surface area contributed by atoms with E-state index in [1.165, 1.54) is 13.0 Å². The summed E-state index contributed by atoms with van der Waals surface area (Å²) in [5, 5.41) is 2.54. The maximum Gasteiger partial charge on any atom is 0.416 e. The molecule has 1 N–H and O–H groups in total. The standard InChI is InChI=1S/C25H27F6N3O3/c1-3-19(16-7-6-15(24(26,27)28)11-18(16)25(29,30)31)32-22(35)17-12-20(34-9-10-37-13-21(17)34)23(36)33-8-4-5-14(33)2/h6-7,11-12,14,19H,3-5,8-10,13H2,1-2H3,(H,32,35). The number of alkyl halides is 6. The summed E-state index contributed by atoms with van der Waals surface area (Å²) in [5.41, 5.74) is -2.54. The lowest BCUT2D eigenvalue weighted by molar-refractivity contribution is -0.143. The normalized spacial score (nSPS) is 19.0. The number of hydrogen-bond donors (Lipinski definition) is 1. The number of likely N-dealkylation sites (tertiary alicyclic amines) is 1. The Hall–Kier alpha value is -3.02. The zero-order chi connectivity index (χ0) is 27.1. The van der Waals surface area contributed by atoms with Gasteiger partial charge >= 0.3 is 12.4 Å². The molecule has 0 saturated carbocycles. The Morgan fingerprint density at radius 3 is 2.43 bits per heavy atom. The third-order valence-corrected chi connectivity index (χ3v) is 6.96. The third-order valence-electron chi connectivity index (χ3n) is 6.96. The van der Waals surface area contributed by atoms with Crippen LogP contribution in [0, 0.1) is 0 Å². The molecule has 0 aliphatic carbocycles. The van der Waals surface area contributed by atoms with E-state index < -0.39 is 41.0 Å². The van der Waals surface area contributed by atoms with Crippen molar-refractivity contribution in [1.82, 2.24) is 14.8 Å². The molecule has 37 heavy (non-hydrogen) atoms. The monoisotopic (exact) mass is 531 g/mol. The molecule has 2 amide bonds. The number of carbonyl (C=O) groups excluding carboxylic acids is 2. The Bertz CT molecular complexity index is 1190. The first-order valence-corrected chi connectivity index (χ1v) is 12.0. The molecule has 0 radical (unpaired) electrons. The van der Waals surface area contributed by atoms with Crippen LogP contribution >= 0.6 is 0 Å². The lowest BCUT2D eigenvalue weighted by atomic mass is 9.95. The molecule has 1 aromatic carbocycles. The van der Waals surface area contributed by atoms with E-state index in [-0.39, 0.29) is 36.6 Å². The van der Waals surface area contributed by atoms with E-state index in [1.807, 2.05) is 6.92 Å². The summed E-state index contributed by atoms with van der Waals surface area (Å²) in [7, 11) is 0. The van der Waals surface area contributed by atoms with E-state index in [0.29, 0.717) is 37.2 Å². The molecule has 202 valence electrons. The van der Waals surface area contributed by atoms with Crippen molar-refractivity contribution in [3.63, 3.8) is 0 Å². The van der Waals surface area contributed by atoms with Crippen LogP contribution in [0.2, 0.25) is 0 Å². The lowest BCUT2D eigenvalue weighted by Gasteiger charge is -2.24. The zero-order valence-electron chi connectivity index (χ0n) is 20.3. The van der Waals surface area contributed by atoms with Crippen LogP contribution in [0.3, 0.4) is 0 Å². The Morgan fingerprint density at radius 2 is 1.84 bits per heavy atom. The van der Waals surface area contributed by atoms with Crippen molar-refractivity contribution < 1.29 is 40.7 Å². The number of nitrogens with one attached hydrogen (secondary N) is 1. The van der Waals surface area contributed by atoms with Crippen molar-refractivity contribution in [2.24, 2.45) is 0 Å². The number of amides is 2. The molecule has 1 aromatic heterocycles. The van der Waals surface area contributed by atoms with E-state index in [0.717, 1.165) is 18.9 Å². The number of rotatable bonds is 5. The minimum atomic E-state index is -5.07. The van der Waals surface area contributed by atoms with Crippen molar-refractivity contribution in [3.8, 4) is 0 Å². The van der Waals surface area contributed by atoms with E-state index in [4.69, 9.17) is 4.74 Å². The Kier molecular flexibility index (Phi) is 7.33. The zero-order valence-corrected chi connectivity index (χ0v) is 20.3. The molecule has 0 spiro atoms. The topological polar surface area (TPSA) is 63.6 Å². The molecular formula is C25H27F6N3O3. The van der Waals surface area contributed by atoms with Crippen LogP contribution in [-0.4, -0.2) is 40.5 Å². The van der Waals surface area contributed by atoms with Gasteiger partial charge in [-0.1, -0.05) is 13.0 Å². The van der Waals surface area contributed by atoms with Gasteiger partial charge in [-0.3, -0.25) is 9.59 Å². The summed E-state index contributed by atoms with van der Waals surface area (Å²) in [6, 6.07) is 1.64. The quantitative estimate of drug-likeness (QED) is 0.514. The van der Waals surface area contributed by atoms with Crippen LogP contribution in [0.1, 0.15) is 82.4 Å². The first-order chi connectivity index (χ1) is 17.3. The summed E-state index contributed by atoms with van der Waals surface area (Å²) in [5.74, 6) is -0.969. The van der Waals surface area contributed by atoms with E-state index in [2.05, 4.69) is 5.32 Å². The number of nitrogens with zero attached hydrogens (tertiary/aromatic N) is 2. The van der Waals surface area contributed by atoms with E-state index >= 15 is 0 Å². The average molecular weight is 531 g/mol. The number of halogens is 6. The first kappa shape index (κ1) is 27.0. The minimum Gasteiger partial charge on any atom is -0.373 e. The number of carbonyl (C=O) groups is 2. The number of hydrogen-bond acceptors (Lipinski definition) is 3. The van der Waals surface area contributed by atoms with Crippen molar-refractivity contribution >= 4 is 11.8 Å². The Labute approximate surface area is 209 Å². The molecule has 1 fully saturated rings. The van der Waals surface area contributed by atoms with E-state index in [1.54, 1.807) is 9.47 Å². The highest BCUT2D eigenvalue weighted by Crippen LogP contribution is 2.40. The maximum absolute atomic E-state index is 13.7. The fourth-order valence-corrected chi connectivity index (χ4v) is 5.00. The molecule has 3 heterocycles. The van der Waals surface area contributed by atoms with Crippen molar-refractivity contribution in [2.45, 2.75) is 70.7 Å². The second kappa shape index (κ2) is 10.0. The van der Waals surface area contributed by atoms with Gasteiger partial charge in [0.25, 0.3) is 11.8 Å². The third kappa shape index (κ3) is 5.34. The van der Waals surface area contributed by atoms with Crippen LogP contribution in [0.25, 0.3) is 0 Å². The number of benzene rings is 1. The Morgan fingerprint density at radius 1 is 1.11 bits per heavy atom. The van der Waals surface area contributed by atoms with Gasteiger partial charge in [0.1, 0.15) is 5.69 Å². The van der Waals surface area contributed by atoms with Crippen LogP contribution in [0.5, 0.6) is 0 Å². The largest absolute Gasteiger partial charge is 0.416 e. The summed E-state index contributed by atoms with van der Waals surface area (Å²) in [6.07, 6.45) is -8.30. The molecule has 2 aliphatic rings. The molecule has 6 nitrogen and oxygen atoms in total. The highest BCUT2D eigenvalue weighted by molar-refractivity contribution is 6.01. The van der Waals surface area contributed by atoms with Crippen LogP contribution in [0.15, 0.2) is 24.3 Å². The Balaban J connectivity index is 1.67. The van der Waals surface area contributed by atoms with Gasteiger partial charge in [0.15, 0.2) is 0 Å². The van der Waals surface area contributed by atoms with Crippen LogP contribution in [0.4, 0.5) is 26.3 Å². The van der Waals surface area contributed by atoms with Crippen LogP contribution in [-0.2, 0) is 30.2 Å².